The van der Waals surface area contributed by atoms with Crippen molar-refractivity contribution in [1.82, 2.24) is 0 Å². The molecule has 0 saturated heterocycles. The van der Waals surface area contributed by atoms with E-state index in [9.17, 15) is 0 Å². The Balaban J connectivity index is 1.81. The maximum absolute atomic E-state index is 3.68. The Bertz CT molecular complexity index is 789. The molecule has 0 aromatic heterocycles. The van der Waals surface area contributed by atoms with Crippen molar-refractivity contribution >= 4 is 16.5 Å². The normalized spacial score (nSPS) is 16.9. The first-order valence-corrected chi connectivity index (χ1v) is 7.15. The molecule has 3 aromatic rings. The number of hydrogen-bond donors (Lipinski definition) is 1. The summed E-state index contributed by atoms with van der Waals surface area (Å²) in [5.74, 6) is 0. The molecule has 1 aliphatic rings. The highest BCUT2D eigenvalue weighted by Crippen LogP contribution is 2.39. The predicted octanol–water partition coefficient (Wildman–Crippen LogP) is 4.86. The van der Waals surface area contributed by atoms with Crippen molar-refractivity contribution in [3.63, 3.8) is 0 Å². The Morgan fingerprint density at radius 2 is 1.70 bits per heavy atom. The largest absolute Gasteiger partial charge is 0.378 e. The van der Waals surface area contributed by atoms with Crippen LogP contribution < -0.4 is 5.32 Å². The topological polar surface area (TPSA) is 12.0 Å². The van der Waals surface area contributed by atoms with Gasteiger partial charge in [-0.1, -0.05) is 54.6 Å². The van der Waals surface area contributed by atoms with E-state index < -0.39 is 0 Å². The monoisotopic (exact) mass is 259 g/mol. The second-order valence-electron chi connectivity index (χ2n) is 5.57. The molecule has 4 rings (SSSR count). The molecule has 0 saturated carbocycles. The van der Waals surface area contributed by atoms with Crippen LogP contribution in [0.5, 0.6) is 0 Å². The van der Waals surface area contributed by atoms with Gasteiger partial charge in [0.1, 0.15) is 0 Å². The Morgan fingerprint density at radius 1 is 0.900 bits per heavy atom. The molecule has 1 atom stereocenters. The van der Waals surface area contributed by atoms with Crippen LogP contribution >= 0.6 is 0 Å². The van der Waals surface area contributed by atoms with Gasteiger partial charge in [-0.05, 0) is 46.9 Å². The van der Waals surface area contributed by atoms with E-state index in [-0.39, 0.29) is 0 Å². The summed E-state index contributed by atoms with van der Waals surface area (Å²) in [7, 11) is 0. The lowest BCUT2D eigenvalue weighted by atomic mass is 9.96. The molecule has 1 N–H and O–H groups in total. The number of aryl methyl sites for hydroxylation is 1. The Kier molecular flexibility index (Phi) is 2.53. The summed E-state index contributed by atoms with van der Waals surface area (Å²) < 4.78 is 0. The lowest BCUT2D eigenvalue weighted by Crippen LogP contribution is -2.07. The van der Waals surface area contributed by atoms with Gasteiger partial charge < -0.3 is 5.32 Å². The number of rotatable bonds is 1. The van der Waals surface area contributed by atoms with Gasteiger partial charge in [0.15, 0.2) is 0 Å². The molecule has 1 aliphatic heterocycles. The van der Waals surface area contributed by atoms with Crippen molar-refractivity contribution in [2.75, 3.05) is 5.32 Å². The molecule has 20 heavy (non-hydrogen) atoms. The van der Waals surface area contributed by atoms with Crippen molar-refractivity contribution in [1.29, 1.82) is 0 Å². The van der Waals surface area contributed by atoms with Crippen molar-refractivity contribution in [3.05, 3.63) is 77.4 Å². The molecule has 1 heteroatoms. The summed E-state index contributed by atoms with van der Waals surface area (Å²) in [5, 5.41) is 6.40. The SMILES string of the molecule is Cc1ccccc1C1Cc2c(ccc3ccccc23)N1. The van der Waals surface area contributed by atoms with Crippen molar-refractivity contribution in [2.24, 2.45) is 0 Å². The fourth-order valence-corrected chi connectivity index (χ4v) is 3.30. The fraction of sp³-hybridized carbons (Fsp3) is 0.158. The van der Waals surface area contributed by atoms with E-state index >= 15 is 0 Å². The average Bonchev–Trinajstić information content (AvgIpc) is 2.92. The molecule has 0 amide bonds. The van der Waals surface area contributed by atoms with Crippen LogP contribution in [0.25, 0.3) is 10.8 Å². The summed E-state index contributed by atoms with van der Waals surface area (Å²) in [6, 6.07) is 22.2. The maximum atomic E-state index is 3.68. The Morgan fingerprint density at radius 3 is 2.60 bits per heavy atom. The maximum Gasteiger partial charge on any atom is 0.0557 e. The average molecular weight is 259 g/mol. The van der Waals surface area contributed by atoms with Crippen LogP contribution in [0.15, 0.2) is 60.7 Å². The highest BCUT2D eigenvalue weighted by molar-refractivity contribution is 5.91. The molecule has 98 valence electrons. The van der Waals surface area contributed by atoms with E-state index in [0.717, 1.165) is 6.42 Å². The minimum atomic E-state index is 0.400. The summed E-state index contributed by atoms with van der Waals surface area (Å²) in [6.45, 7) is 2.19. The van der Waals surface area contributed by atoms with E-state index in [1.807, 2.05) is 0 Å². The molecular weight excluding hydrogens is 242 g/mol. The third-order valence-corrected chi connectivity index (χ3v) is 4.34. The molecule has 0 aliphatic carbocycles. The molecule has 0 fully saturated rings. The number of nitrogens with one attached hydrogen (secondary N) is 1. The van der Waals surface area contributed by atoms with E-state index in [1.54, 1.807) is 0 Å². The molecule has 1 unspecified atom stereocenters. The summed E-state index contributed by atoms with van der Waals surface area (Å²) >= 11 is 0. The zero-order chi connectivity index (χ0) is 13.5. The van der Waals surface area contributed by atoms with E-state index in [0.29, 0.717) is 6.04 Å². The van der Waals surface area contributed by atoms with Crippen LogP contribution in [0.3, 0.4) is 0 Å². The smallest absolute Gasteiger partial charge is 0.0557 e. The highest BCUT2D eigenvalue weighted by atomic mass is 14.9. The summed E-state index contributed by atoms with van der Waals surface area (Å²) in [4.78, 5) is 0. The molecule has 1 heterocycles. The second-order valence-corrected chi connectivity index (χ2v) is 5.57. The van der Waals surface area contributed by atoms with Crippen molar-refractivity contribution in [3.8, 4) is 0 Å². The Hall–Kier alpha value is -2.28. The first-order valence-electron chi connectivity index (χ1n) is 7.15. The fourth-order valence-electron chi connectivity index (χ4n) is 3.30. The molecule has 0 bridgehead atoms. The van der Waals surface area contributed by atoms with Gasteiger partial charge in [0, 0.05) is 5.69 Å². The molecular formula is C19H17N. The van der Waals surface area contributed by atoms with Gasteiger partial charge in [0.05, 0.1) is 6.04 Å². The number of fused-ring (bicyclic) bond motifs is 3. The minimum absolute atomic E-state index is 0.400. The van der Waals surface area contributed by atoms with Crippen LogP contribution in [-0.2, 0) is 6.42 Å². The highest BCUT2D eigenvalue weighted by Gasteiger charge is 2.24. The van der Waals surface area contributed by atoms with E-state index in [4.69, 9.17) is 0 Å². The quantitative estimate of drug-likeness (QED) is 0.658. The van der Waals surface area contributed by atoms with Crippen molar-refractivity contribution in [2.45, 2.75) is 19.4 Å². The molecule has 0 radical (unpaired) electrons. The van der Waals surface area contributed by atoms with Gasteiger partial charge in [0.25, 0.3) is 0 Å². The summed E-state index contributed by atoms with van der Waals surface area (Å²) in [6.07, 6.45) is 1.07. The van der Waals surface area contributed by atoms with E-state index in [1.165, 1.54) is 33.2 Å². The van der Waals surface area contributed by atoms with Crippen LogP contribution in [0.1, 0.15) is 22.7 Å². The first-order chi connectivity index (χ1) is 9.83. The second kappa shape index (κ2) is 4.38. The minimum Gasteiger partial charge on any atom is -0.378 e. The van der Waals surface area contributed by atoms with Gasteiger partial charge in [-0.3, -0.25) is 0 Å². The zero-order valence-electron chi connectivity index (χ0n) is 11.6. The number of hydrogen-bond acceptors (Lipinski definition) is 1. The van der Waals surface area contributed by atoms with Crippen LogP contribution in [0.4, 0.5) is 5.69 Å². The third kappa shape index (κ3) is 1.70. The molecule has 3 aromatic carbocycles. The van der Waals surface area contributed by atoms with Gasteiger partial charge in [-0.15, -0.1) is 0 Å². The van der Waals surface area contributed by atoms with Crippen LogP contribution in [0, 0.1) is 6.92 Å². The standard InChI is InChI=1S/C19H17N/c1-13-6-2-4-8-15(13)19-12-17-16-9-5-3-7-14(16)10-11-18(17)20-19/h2-11,19-20H,12H2,1H3. The predicted molar refractivity (Wildman–Crippen MR) is 85.2 cm³/mol. The lowest BCUT2D eigenvalue weighted by Gasteiger charge is -2.14. The van der Waals surface area contributed by atoms with Crippen LogP contribution in [0.2, 0.25) is 0 Å². The molecule has 1 nitrogen and oxygen atoms in total. The molecule has 0 spiro atoms. The van der Waals surface area contributed by atoms with Gasteiger partial charge in [0.2, 0.25) is 0 Å². The number of anilines is 1. The zero-order valence-corrected chi connectivity index (χ0v) is 11.6. The van der Waals surface area contributed by atoms with E-state index in [2.05, 4.69) is 72.9 Å². The van der Waals surface area contributed by atoms with Gasteiger partial charge in [-0.2, -0.15) is 0 Å². The van der Waals surface area contributed by atoms with Gasteiger partial charge in [-0.25, -0.2) is 0 Å². The lowest BCUT2D eigenvalue weighted by molar-refractivity contribution is 0.819. The third-order valence-electron chi connectivity index (χ3n) is 4.34. The van der Waals surface area contributed by atoms with Gasteiger partial charge >= 0.3 is 0 Å². The van der Waals surface area contributed by atoms with Crippen LogP contribution in [-0.4, -0.2) is 0 Å². The summed E-state index contributed by atoms with van der Waals surface area (Å²) in [5.41, 5.74) is 5.52. The Labute approximate surface area is 119 Å². The van der Waals surface area contributed by atoms with Crippen molar-refractivity contribution < 1.29 is 0 Å². The number of benzene rings is 3. The first kappa shape index (κ1) is 11.5.